The summed E-state index contributed by atoms with van der Waals surface area (Å²) in [5.74, 6) is 0. The first-order valence-corrected chi connectivity index (χ1v) is 25.9. The highest BCUT2D eigenvalue weighted by molar-refractivity contribution is 5.25. The predicted octanol–water partition coefficient (Wildman–Crippen LogP) is 17.1. The fourth-order valence-corrected chi connectivity index (χ4v) is 9.18. The minimum absolute atomic E-state index is 0.243. The van der Waals surface area contributed by atoms with E-state index >= 15 is 0 Å². The Morgan fingerprint density at radius 1 is 0.322 bits per heavy atom. The molecule has 0 aromatic heterocycles. The molecular formula is C55H92O4. The van der Waals surface area contributed by atoms with E-state index in [9.17, 15) is 0 Å². The molecule has 2 saturated heterocycles. The summed E-state index contributed by atoms with van der Waals surface area (Å²) in [6.07, 6.45) is 46.9. The van der Waals surface area contributed by atoms with Crippen LogP contribution in [0.15, 0.2) is 48.5 Å². The number of hydrogen-bond acceptors (Lipinski definition) is 4. The highest BCUT2D eigenvalue weighted by Crippen LogP contribution is 2.38. The van der Waals surface area contributed by atoms with Gasteiger partial charge in [-0.1, -0.05) is 255 Å². The van der Waals surface area contributed by atoms with Crippen molar-refractivity contribution in [1.29, 1.82) is 0 Å². The molecule has 336 valence electrons. The lowest BCUT2D eigenvalue weighted by Gasteiger charge is -2.43. The van der Waals surface area contributed by atoms with Crippen LogP contribution in [0.2, 0.25) is 0 Å². The summed E-state index contributed by atoms with van der Waals surface area (Å²) in [7, 11) is 0. The summed E-state index contributed by atoms with van der Waals surface area (Å²) in [5.41, 5.74) is 4.80. The van der Waals surface area contributed by atoms with Crippen molar-refractivity contribution in [3.63, 3.8) is 0 Å². The molecule has 2 aliphatic rings. The first-order chi connectivity index (χ1) is 29.2. The molecule has 2 aromatic carbocycles. The van der Waals surface area contributed by atoms with E-state index < -0.39 is 0 Å². The molecule has 0 atom stereocenters. The summed E-state index contributed by atoms with van der Waals surface area (Å²) < 4.78 is 25.1. The van der Waals surface area contributed by atoms with Gasteiger partial charge in [-0.15, -0.1) is 0 Å². The van der Waals surface area contributed by atoms with Crippen molar-refractivity contribution in [3.05, 3.63) is 70.8 Å². The van der Waals surface area contributed by atoms with Gasteiger partial charge in [0.25, 0.3) is 0 Å². The van der Waals surface area contributed by atoms with E-state index in [-0.39, 0.29) is 18.0 Å². The minimum atomic E-state index is -0.315. The van der Waals surface area contributed by atoms with Crippen LogP contribution in [-0.4, -0.2) is 26.4 Å². The molecule has 4 heteroatoms. The Morgan fingerprint density at radius 3 is 0.780 bits per heavy atom. The van der Waals surface area contributed by atoms with Crippen LogP contribution in [0, 0.1) is 5.41 Å². The molecule has 0 bridgehead atoms. The van der Waals surface area contributed by atoms with Gasteiger partial charge in [0, 0.05) is 11.1 Å². The van der Waals surface area contributed by atoms with Gasteiger partial charge in [0.2, 0.25) is 0 Å². The quantitative estimate of drug-likeness (QED) is 0.0642. The molecule has 59 heavy (non-hydrogen) atoms. The molecule has 4 nitrogen and oxygen atoms in total. The second kappa shape index (κ2) is 32.9. The zero-order chi connectivity index (χ0) is 41.3. The van der Waals surface area contributed by atoms with E-state index in [1.54, 1.807) is 0 Å². The van der Waals surface area contributed by atoms with Gasteiger partial charge >= 0.3 is 0 Å². The Hall–Kier alpha value is -1.72. The first kappa shape index (κ1) is 49.9. The van der Waals surface area contributed by atoms with Gasteiger partial charge in [-0.05, 0) is 36.8 Å². The van der Waals surface area contributed by atoms with Gasteiger partial charge in [0.05, 0.1) is 31.8 Å². The van der Waals surface area contributed by atoms with Gasteiger partial charge in [0.15, 0.2) is 12.6 Å². The average molecular weight is 817 g/mol. The normalized spacial score (nSPS) is 19.5. The molecule has 2 fully saturated rings. The summed E-state index contributed by atoms with van der Waals surface area (Å²) in [6, 6.07) is 17.8. The molecule has 2 aliphatic heterocycles. The van der Waals surface area contributed by atoms with E-state index in [2.05, 4.69) is 62.4 Å². The fraction of sp³-hybridized carbons (Fsp3) is 0.782. The maximum absolute atomic E-state index is 6.27. The highest BCUT2D eigenvalue weighted by Gasteiger charge is 2.42. The zero-order valence-electron chi connectivity index (χ0n) is 38.8. The minimum Gasteiger partial charge on any atom is -0.348 e. The van der Waals surface area contributed by atoms with Crippen molar-refractivity contribution < 1.29 is 18.9 Å². The van der Waals surface area contributed by atoms with Crippen molar-refractivity contribution in [1.82, 2.24) is 0 Å². The lowest BCUT2D eigenvalue weighted by atomic mass is 9.90. The number of rotatable bonds is 36. The van der Waals surface area contributed by atoms with Crippen molar-refractivity contribution in [2.75, 3.05) is 26.4 Å². The summed E-state index contributed by atoms with van der Waals surface area (Å²) >= 11 is 0. The summed E-state index contributed by atoms with van der Waals surface area (Å²) in [4.78, 5) is 0. The molecule has 0 unspecified atom stereocenters. The van der Waals surface area contributed by atoms with E-state index in [4.69, 9.17) is 18.9 Å². The molecular weight excluding hydrogens is 725 g/mol. The molecule has 1 spiro atoms. The smallest absolute Gasteiger partial charge is 0.183 e. The molecule has 0 amide bonds. The maximum atomic E-state index is 6.27. The Morgan fingerprint density at radius 2 is 0.542 bits per heavy atom. The van der Waals surface area contributed by atoms with Crippen molar-refractivity contribution >= 4 is 0 Å². The monoisotopic (exact) mass is 817 g/mol. The van der Waals surface area contributed by atoms with Crippen LogP contribution < -0.4 is 0 Å². The van der Waals surface area contributed by atoms with Crippen LogP contribution >= 0.6 is 0 Å². The SMILES string of the molecule is CCCCCCCCCCCCCCCCCCc1ccc(C2OCC3(CO2)COC(c2ccc(CCCCCCCCCCCCCCCCCC)cc2)OC3)cc1. The fourth-order valence-electron chi connectivity index (χ4n) is 9.18. The number of unbranched alkanes of at least 4 members (excludes halogenated alkanes) is 30. The Labute approximate surface area is 365 Å². The average Bonchev–Trinajstić information content (AvgIpc) is 3.27. The van der Waals surface area contributed by atoms with Gasteiger partial charge < -0.3 is 18.9 Å². The Kier molecular flexibility index (Phi) is 27.9. The van der Waals surface area contributed by atoms with E-state index in [1.807, 2.05) is 0 Å². The Balaban J connectivity index is 0.953. The molecule has 0 radical (unpaired) electrons. The maximum Gasteiger partial charge on any atom is 0.183 e. The Bertz CT molecular complexity index is 1120. The molecule has 4 rings (SSSR count). The number of ether oxygens (including phenoxy) is 4. The van der Waals surface area contributed by atoms with Gasteiger partial charge in [-0.3, -0.25) is 0 Å². The van der Waals surface area contributed by atoms with Gasteiger partial charge in [-0.25, -0.2) is 0 Å². The van der Waals surface area contributed by atoms with E-state index in [0.29, 0.717) is 26.4 Å². The first-order valence-electron chi connectivity index (χ1n) is 25.9. The zero-order valence-corrected chi connectivity index (χ0v) is 38.8. The third-order valence-corrected chi connectivity index (χ3v) is 13.3. The van der Waals surface area contributed by atoms with Crippen LogP contribution in [-0.2, 0) is 31.8 Å². The largest absolute Gasteiger partial charge is 0.348 e. The molecule has 2 aromatic rings. The summed E-state index contributed by atoms with van der Waals surface area (Å²) in [6.45, 7) is 6.95. The van der Waals surface area contributed by atoms with Crippen LogP contribution in [0.25, 0.3) is 0 Å². The second-order valence-electron chi connectivity index (χ2n) is 19.0. The number of hydrogen-bond donors (Lipinski definition) is 0. The van der Waals surface area contributed by atoms with E-state index in [0.717, 1.165) is 24.0 Å². The van der Waals surface area contributed by atoms with Gasteiger partial charge in [-0.2, -0.15) is 0 Å². The lowest BCUT2D eigenvalue weighted by molar-refractivity contribution is -0.307. The third-order valence-electron chi connectivity index (χ3n) is 13.3. The van der Waals surface area contributed by atoms with E-state index in [1.165, 1.54) is 217 Å². The third kappa shape index (κ3) is 22.3. The molecule has 2 heterocycles. The topological polar surface area (TPSA) is 36.9 Å². The molecule has 0 N–H and O–H groups in total. The number of benzene rings is 2. The van der Waals surface area contributed by atoms with Crippen LogP contribution in [0.4, 0.5) is 0 Å². The molecule has 0 saturated carbocycles. The van der Waals surface area contributed by atoms with Crippen LogP contribution in [0.5, 0.6) is 0 Å². The predicted molar refractivity (Wildman–Crippen MR) is 251 cm³/mol. The van der Waals surface area contributed by atoms with Crippen molar-refractivity contribution in [3.8, 4) is 0 Å². The highest BCUT2D eigenvalue weighted by atomic mass is 16.7. The lowest BCUT2D eigenvalue weighted by Crippen LogP contribution is -2.49. The summed E-state index contributed by atoms with van der Waals surface area (Å²) in [5, 5.41) is 0. The standard InChI is InChI=1S/C55H92O4/c1-3-5-7-9-11-13-15-17-19-21-23-25-27-29-31-33-35-49-37-41-51(42-38-49)53-56-45-55(46-57-53)47-58-54(59-48-55)52-43-39-50(40-44-52)36-34-32-30-28-26-24-22-20-18-16-14-12-10-8-6-4-2/h37-44,53-54H,3-36,45-48H2,1-2H3. The van der Waals surface area contributed by atoms with Crippen LogP contribution in [0.3, 0.4) is 0 Å². The van der Waals surface area contributed by atoms with Crippen molar-refractivity contribution in [2.45, 2.75) is 245 Å². The van der Waals surface area contributed by atoms with Crippen LogP contribution in [0.1, 0.15) is 254 Å². The second-order valence-corrected chi connectivity index (χ2v) is 19.0. The molecule has 0 aliphatic carbocycles. The van der Waals surface area contributed by atoms with Gasteiger partial charge in [0.1, 0.15) is 0 Å². The number of aryl methyl sites for hydroxylation is 2. The van der Waals surface area contributed by atoms with Crippen molar-refractivity contribution in [2.24, 2.45) is 5.41 Å².